The van der Waals surface area contributed by atoms with Crippen LogP contribution in [0, 0.1) is 11.3 Å². The Morgan fingerprint density at radius 2 is 1.35 bits per heavy atom. The van der Waals surface area contributed by atoms with Crippen LogP contribution in [0.1, 0.15) is 5.56 Å². The molecule has 4 aromatic rings. The minimum absolute atomic E-state index is 0.00407. The van der Waals surface area contributed by atoms with Crippen LogP contribution >= 0.6 is 0 Å². The zero-order valence-corrected chi connectivity index (χ0v) is 18.5. The average molecular weight is 446 g/mol. The molecule has 0 aromatic heterocycles. The number of nitrogens with zero attached hydrogens (tertiary/aromatic N) is 2. The van der Waals surface area contributed by atoms with E-state index in [1.807, 2.05) is 102 Å². The minimum atomic E-state index is -0.478. The van der Waals surface area contributed by atoms with Crippen molar-refractivity contribution in [1.29, 1.82) is 5.26 Å². The lowest BCUT2D eigenvalue weighted by Crippen LogP contribution is -2.20. The number of amides is 1. The van der Waals surface area contributed by atoms with Gasteiger partial charge < -0.3 is 15.0 Å². The molecule has 1 amide bonds. The van der Waals surface area contributed by atoms with Crippen LogP contribution in [0.5, 0.6) is 11.5 Å². The van der Waals surface area contributed by atoms with Crippen molar-refractivity contribution in [2.75, 3.05) is 10.2 Å². The number of para-hydroxylation sites is 2. The van der Waals surface area contributed by atoms with Crippen molar-refractivity contribution in [2.45, 2.75) is 6.54 Å². The molecule has 4 aromatic carbocycles. The highest BCUT2D eigenvalue weighted by molar-refractivity contribution is 6.06. The molecular formula is C29H23N3O2. The number of anilines is 2. The molecule has 0 aliphatic carbocycles. The Morgan fingerprint density at radius 1 is 0.794 bits per heavy atom. The lowest BCUT2D eigenvalue weighted by molar-refractivity contribution is -0.112. The second-order valence-electron chi connectivity index (χ2n) is 7.50. The second-order valence-corrected chi connectivity index (χ2v) is 7.50. The van der Waals surface area contributed by atoms with Crippen LogP contribution in [-0.2, 0) is 11.3 Å². The van der Waals surface area contributed by atoms with E-state index in [4.69, 9.17) is 4.74 Å². The van der Waals surface area contributed by atoms with E-state index in [1.165, 1.54) is 0 Å². The number of hydrogen-bond donors (Lipinski definition) is 1. The molecule has 0 aliphatic heterocycles. The van der Waals surface area contributed by atoms with Gasteiger partial charge in [0.05, 0.1) is 0 Å². The number of benzene rings is 4. The summed E-state index contributed by atoms with van der Waals surface area (Å²) in [7, 11) is 0. The van der Waals surface area contributed by atoms with Crippen molar-refractivity contribution in [3.8, 4) is 17.6 Å². The normalized spacial score (nSPS) is 10.7. The second kappa shape index (κ2) is 11.2. The standard InChI is InChI=1S/C29H23N3O2/c30-20-24(22-32(26-12-6-2-7-13-26)21-23-10-4-1-5-11-23)29(33)31-25-16-18-28(19-17-25)34-27-14-8-3-9-15-27/h1-19,22H,21H2,(H,31,33)/b24-22-. The molecule has 0 atom stereocenters. The molecule has 4 rings (SSSR count). The van der Waals surface area contributed by atoms with E-state index in [-0.39, 0.29) is 5.57 Å². The first-order valence-corrected chi connectivity index (χ1v) is 10.8. The molecule has 0 radical (unpaired) electrons. The molecule has 0 heterocycles. The van der Waals surface area contributed by atoms with Crippen LogP contribution < -0.4 is 15.0 Å². The van der Waals surface area contributed by atoms with Crippen LogP contribution in [0.2, 0.25) is 0 Å². The maximum atomic E-state index is 12.9. The van der Waals surface area contributed by atoms with E-state index in [1.54, 1.807) is 30.5 Å². The molecule has 0 fully saturated rings. The third-order valence-corrected chi connectivity index (χ3v) is 5.02. The molecule has 1 N–H and O–H groups in total. The van der Waals surface area contributed by atoms with Gasteiger partial charge >= 0.3 is 0 Å². The summed E-state index contributed by atoms with van der Waals surface area (Å²) in [6.45, 7) is 0.523. The number of carbonyl (C=O) groups excluding carboxylic acids is 1. The lowest BCUT2D eigenvalue weighted by Gasteiger charge is -2.21. The van der Waals surface area contributed by atoms with Crippen molar-refractivity contribution < 1.29 is 9.53 Å². The van der Waals surface area contributed by atoms with Crippen molar-refractivity contribution in [2.24, 2.45) is 0 Å². The van der Waals surface area contributed by atoms with Gasteiger partial charge in [-0.3, -0.25) is 4.79 Å². The number of nitriles is 1. The van der Waals surface area contributed by atoms with Gasteiger partial charge in [0.1, 0.15) is 23.1 Å². The van der Waals surface area contributed by atoms with Crippen molar-refractivity contribution in [3.05, 3.63) is 133 Å². The van der Waals surface area contributed by atoms with Crippen LogP contribution in [-0.4, -0.2) is 5.91 Å². The Hall–Kier alpha value is -4.82. The van der Waals surface area contributed by atoms with Gasteiger partial charge in [0.25, 0.3) is 5.91 Å². The quantitative estimate of drug-likeness (QED) is 0.247. The molecule has 0 spiro atoms. The van der Waals surface area contributed by atoms with E-state index in [0.717, 1.165) is 17.0 Å². The predicted molar refractivity (Wildman–Crippen MR) is 134 cm³/mol. The molecule has 0 aliphatic rings. The summed E-state index contributed by atoms with van der Waals surface area (Å²) >= 11 is 0. The topological polar surface area (TPSA) is 65.4 Å². The number of carbonyl (C=O) groups is 1. The highest BCUT2D eigenvalue weighted by atomic mass is 16.5. The third-order valence-electron chi connectivity index (χ3n) is 5.02. The zero-order chi connectivity index (χ0) is 23.6. The third kappa shape index (κ3) is 6.12. The van der Waals surface area contributed by atoms with Gasteiger partial charge in [-0.1, -0.05) is 66.7 Å². The summed E-state index contributed by atoms with van der Waals surface area (Å²) in [5, 5.41) is 12.5. The zero-order valence-electron chi connectivity index (χ0n) is 18.5. The maximum Gasteiger partial charge on any atom is 0.267 e. The smallest absolute Gasteiger partial charge is 0.267 e. The van der Waals surface area contributed by atoms with Crippen molar-refractivity contribution in [3.63, 3.8) is 0 Å². The molecule has 166 valence electrons. The lowest BCUT2D eigenvalue weighted by atomic mass is 10.2. The molecule has 0 bridgehead atoms. The van der Waals surface area contributed by atoms with Crippen LogP contribution in [0.15, 0.2) is 127 Å². The molecule has 5 nitrogen and oxygen atoms in total. The Balaban J connectivity index is 1.49. The molecular weight excluding hydrogens is 422 g/mol. The number of rotatable bonds is 8. The van der Waals surface area contributed by atoms with Crippen LogP contribution in [0.3, 0.4) is 0 Å². The summed E-state index contributed by atoms with van der Waals surface area (Å²) in [6, 6.07) is 38.1. The summed E-state index contributed by atoms with van der Waals surface area (Å²) in [5.74, 6) is 0.903. The van der Waals surface area contributed by atoms with Gasteiger partial charge in [-0.2, -0.15) is 5.26 Å². The summed E-state index contributed by atoms with van der Waals surface area (Å²) in [6.07, 6.45) is 1.59. The largest absolute Gasteiger partial charge is 0.457 e. The summed E-state index contributed by atoms with van der Waals surface area (Å²) < 4.78 is 5.78. The fraction of sp³-hybridized carbons (Fsp3) is 0.0345. The average Bonchev–Trinajstić information content (AvgIpc) is 2.89. The first-order valence-electron chi connectivity index (χ1n) is 10.8. The predicted octanol–water partition coefficient (Wildman–Crippen LogP) is 6.53. The Morgan fingerprint density at radius 3 is 1.97 bits per heavy atom. The number of nitrogens with one attached hydrogen (secondary N) is 1. The highest BCUT2D eigenvalue weighted by Crippen LogP contribution is 2.23. The molecule has 0 unspecified atom stereocenters. The number of hydrogen-bond acceptors (Lipinski definition) is 4. The van der Waals surface area contributed by atoms with Gasteiger partial charge in [-0.15, -0.1) is 0 Å². The van der Waals surface area contributed by atoms with Crippen molar-refractivity contribution >= 4 is 17.3 Å². The maximum absolute atomic E-state index is 12.9. The SMILES string of the molecule is N#C/C(=C/N(Cc1ccccc1)c1ccccc1)C(=O)Nc1ccc(Oc2ccccc2)cc1. The van der Waals surface area contributed by atoms with Gasteiger partial charge in [-0.05, 0) is 54.1 Å². The van der Waals surface area contributed by atoms with Crippen molar-refractivity contribution in [1.82, 2.24) is 0 Å². The highest BCUT2D eigenvalue weighted by Gasteiger charge is 2.13. The van der Waals surface area contributed by atoms with E-state index >= 15 is 0 Å². The molecule has 0 saturated heterocycles. The van der Waals surface area contributed by atoms with Crippen LogP contribution in [0.4, 0.5) is 11.4 Å². The van der Waals surface area contributed by atoms with E-state index < -0.39 is 5.91 Å². The Kier molecular flexibility index (Phi) is 7.35. The van der Waals surface area contributed by atoms with Gasteiger partial charge in [0, 0.05) is 24.1 Å². The molecule has 0 saturated carbocycles. The van der Waals surface area contributed by atoms with Gasteiger partial charge in [-0.25, -0.2) is 0 Å². The van der Waals surface area contributed by atoms with Gasteiger partial charge in [0.2, 0.25) is 0 Å². The van der Waals surface area contributed by atoms with E-state index in [0.29, 0.717) is 18.0 Å². The molecule has 5 heteroatoms. The minimum Gasteiger partial charge on any atom is -0.457 e. The Bertz CT molecular complexity index is 1280. The number of ether oxygens (including phenoxy) is 1. The van der Waals surface area contributed by atoms with Crippen LogP contribution in [0.25, 0.3) is 0 Å². The first-order chi connectivity index (χ1) is 16.7. The molecule has 34 heavy (non-hydrogen) atoms. The fourth-order valence-corrected chi connectivity index (χ4v) is 3.33. The van der Waals surface area contributed by atoms with E-state index in [2.05, 4.69) is 5.32 Å². The van der Waals surface area contributed by atoms with E-state index in [9.17, 15) is 10.1 Å². The summed E-state index contributed by atoms with van der Waals surface area (Å²) in [5.41, 5.74) is 2.52. The Labute approximate surface area is 199 Å². The monoisotopic (exact) mass is 445 g/mol. The van der Waals surface area contributed by atoms with Gasteiger partial charge in [0.15, 0.2) is 0 Å². The summed E-state index contributed by atoms with van der Waals surface area (Å²) in [4.78, 5) is 14.8. The first kappa shape index (κ1) is 22.4. The fourth-order valence-electron chi connectivity index (χ4n) is 3.33.